The Balaban J connectivity index is 1.79. The lowest BCUT2D eigenvalue weighted by Gasteiger charge is -2.11. The van der Waals surface area contributed by atoms with Gasteiger partial charge in [0.05, 0.1) is 0 Å². The second-order valence-corrected chi connectivity index (χ2v) is 5.10. The zero-order chi connectivity index (χ0) is 13.9. The van der Waals surface area contributed by atoms with E-state index in [0.717, 1.165) is 30.3 Å². The predicted octanol–water partition coefficient (Wildman–Crippen LogP) is 1.01. The number of fused-ring (bicyclic) bond motifs is 1. The fourth-order valence-electron chi connectivity index (χ4n) is 2.56. The molecule has 3 N–H and O–H groups in total. The summed E-state index contributed by atoms with van der Waals surface area (Å²) < 4.78 is 0. The molecule has 1 unspecified atom stereocenters. The quantitative estimate of drug-likeness (QED) is 0.780. The summed E-state index contributed by atoms with van der Waals surface area (Å²) in [6, 6.07) is 9.39. The van der Waals surface area contributed by atoms with Gasteiger partial charge in [-0.1, -0.05) is 18.2 Å². The van der Waals surface area contributed by atoms with E-state index in [9.17, 15) is 9.59 Å². The van der Waals surface area contributed by atoms with Crippen molar-refractivity contribution in [3.8, 4) is 0 Å². The Labute approximate surface area is 116 Å². The summed E-state index contributed by atoms with van der Waals surface area (Å²) in [6.07, 6.45) is 2.20. The van der Waals surface area contributed by atoms with Crippen molar-refractivity contribution >= 4 is 16.8 Å². The first kappa shape index (κ1) is 12.9. The highest BCUT2D eigenvalue weighted by Gasteiger charge is 2.17. The van der Waals surface area contributed by atoms with Gasteiger partial charge in [0.25, 0.3) is 11.5 Å². The van der Waals surface area contributed by atoms with Crippen LogP contribution in [0.25, 0.3) is 10.9 Å². The van der Waals surface area contributed by atoms with Gasteiger partial charge in [-0.2, -0.15) is 0 Å². The Morgan fingerprint density at radius 2 is 2.20 bits per heavy atom. The van der Waals surface area contributed by atoms with Crippen LogP contribution < -0.4 is 16.2 Å². The van der Waals surface area contributed by atoms with Gasteiger partial charge in [0, 0.05) is 18.1 Å². The molecule has 1 aliphatic rings. The Morgan fingerprint density at radius 3 is 3.00 bits per heavy atom. The number of nitrogens with one attached hydrogen (secondary N) is 3. The van der Waals surface area contributed by atoms with Gasteiger partial charge in [-0.25, -0.2) is 0 Å². The topological polar surface area (TPSA) is 74.0 Å². The second-order valence-electron chi connectivity index (χ2n) is 5.10. The van der Waals surface area contributed by atoms with Gasteiger partial charge in [0.15, 0.2) is 0 Å². The van der Waals surface area contributed by atoms with Crippen LogP contribution in [-0.2, 0) is 0 Å². The molecule has 0 bridgehead atoms. The Hall–Kier alpha value is -2.14. The first-order valence-electron chi connectivity index (χ1n) is 6.88. The number of aromatic nitrogens is 1. The van der Waals surface area contributed by atoms with Crippen LogP contribution in [0.1, 0.15) is 23.2 Å². The number of hydrogen-bond acceptors (Lipinski definition) is 3. The third kappa shape index (κ3) is 2.58. The smallest absolute Gasteiger partial charge is 0.261 e. The Morgan fingerprint density at radius 1 is 1.35 bits per heavy atom. The molecule has 1 atom stereocenters. The van der Waals surface area contributed by atoms with Gasteiger partial charge < -0.3 is 15.6 Å². The number of amides is 1. The first-order valence-corrected chi connectivity index (χ1v) is 6.88. The van der Waals surface area contributed by atoms with E-state index in [-0.39, 0.29) is 17.0 Å². The van der Waals surface area contributed by atoms with E-state index in [1.54, 1.807) is 6.07 Å². The summed E-state index contributed by atoms with van der Waals surface area (Å²) >= 11 is 0. The number of benzene rings is 1. The number of carbonyl (C=O) groups excluding carboxylic acids is 1. The monoisotopic (exact) mass is 271 g/mol. The van der Waals surface area contributed by atoms with Crippen molar-refractivity contribution in [2.75, 3.05) is 13.1 Å². The number of H-pyrrole nitrogens is 1. The van der Waals surface area contributed by atoms with E-state index >= 15 is 0 Å². The molecule has 1 fully saturated rings. The van der Waals surface area contributed by atoms with E-state index in [1.807, 2.05) is 24.3 Å². The minimum absolute atomic E-state index is 0.168. The van der Waals surface area contributed by atoms with Crippen molar-refractivity contribution in [1.29, 1.82) is 0 Å². The lowest BCUT2D eigenvalue weighted by molar-refractivity contribution is 0.0949. The Bertz CT molecular complexity index is 687. The maximum Gasteiger partial charge on any atom is 0.261 e. The molecule has 2 heterocycles. The van der Waals surface area contributed by atoms with Crippen LogP contribution in [0.3, 0.4) is 0 Å². The second kappa shape index (κ2) is 5.46. The van der Waals surface area contributed by atoms with Crippen molar-refractivity contribution in [1.82, 2.24) is 15.6 Å². The van der Waals surface area contributed by atoms with Crippen molar-refractivity contribution in [2.24, 2.45) is 0 Å². The fourth-order valence-corrected chi connectivity index (χ4v) is 2.56. The van der Waals surface area contributed by atoms with Crippen LogP contribution in [0.15, 0.2) is 35.1 Å². The largest absolute Gasteiger partial charge is 0.350 e. The molecule has 0 saturated carbocycles. The molecule has 0 aliphatic carbocycles. The highest BCUT2D eigenvalue weighted by Crippen LogP contribution is 2.10. The SMILES string of the molecule is O=C(NCC1CCCN1)c1cc2ccccc2[nH]c1=O. The summed E-state index contributed by atoms with van der Waals surface area (Å²) in [4.78, 5) is 26.8. The van der Waals surface area contributed by atoms with Crippen LogP contribution in [0, 0.1) is 0 Å². The van der Waals surface area contributed by atoms with Crippen molar-refractivity contribution < 1.29 is 4.79 Å². The van der Waals surface area contributed by atoms with Gasteiger partial charge in [-0.15, -0.1) is 0 Å². The highest BCUT2D eigenvalue weighted by atomic mass is 16.2. The molecule has 104 valence electrons. The summed E-state index contributed by atoms with van der Waals surface area (Å²) in [5.74, 6) is -0.314. The minimum atomic E-state index is -0.347. The van der Waals surface area contributed by atoms with Gasteiger partial charge in [0.2, 0.25) is 0 Å². The number of hydrogen-bond donors (Lipinski definition) is 3. The average Bonchev–Trinajstić information content (AvgIpc) is 2.97. The number of para-hydroxylation sites is 1. The van der Waals surface area contributed by atoms with Gasteiger partial charge in [-0.3, -0.25) is 9.59 Å². The van der Waals surface area contributed by atoms with E-state index in [0.29, 0.717) is 12.6 Å². The molecule has 20 heavy (non-hydrogen) atoms. The van der Waals surface area contributed by atoms with Crippen LogP contribution in [0.5, 0.6) is 0 Å². The number of aromatic amines is 1. The molecule has 1 aliphatic heterocycles. The molecular formula is C15H17N3O2. The lowest BCUT2D eigenvalue weighted by Crippen LogP contribution is -2.38. The van der Waals surface area contributed by atoms with Gasteiger partial charge in [0.1, 0.15) is 5.56 Å². The van der Waals surface area contributed by atoms with E-state index in [4.69, 9.17) is 0 Å². The molecule has 5 nitrogen and oxygen atoms in total. The van der Waals surface area contributed by atoms with Crippen LogP contribution in [0.4, 0.5) is 0 Å². The zero-order valence-corrected chi connectivity index (χ0v) is 11.1. The summed E-state index contributed by atoms with van der Waals surface area (Å²) in [6.45, 7) is 1.56. The molecule has 1 aromatic heterocycles. The van der Waals surface area contributed by atoms with Crippen LogP contribution in [0.2, 0.25) is 0 Å². The third-order valence-electron chi connectivity index (χ3n) is 3.67. The predicted molar refractivity (Wildman–Crippen MR) is 77.9 cm³/mol. The number of pyridine rings is 1. The standard InChI is InChI=1S/C15H17N3O2/c19-14(17-9-11-5-3-7-16-11)12-8-10-4-1-2-6-13(10)18-15(12)20/h1-2,4,6,8,11,16H,3,5,7,9H2,(H,17,19)(H,18,20). The number of carbonyl (C=O) groups is 1. The van der Waals surface area contributed by atoms with Crippen molar-refractivity contribution in [3.63, 3.8) is 0 Å². The van der Waals surface area contributed by atoms with Gasteiger partial charge in [-0.05, 0) is 36.9 Å². The maximum absolute atomic E-state index is 12.1. The first-order chi connectivity index (χ1) is 9.74. The van der Waals surface area contributed by atoms with E-state index in [1.165, 1.54) is 0 Å². The summed E-state index contributed by atoms with van der Waals surface area (Å²) in [7, 11) is 0. The molecule has 0 spiro atoms. The van der Waals surface area contributed by atoms with E-state index in [2.05, 4.69) is 15.6 Å². The molecule has 0 radical (unpaired) electrons. The Kier molecular flexibility index (Phi) is 3.52. The third-order valence-corrected chi connectivity index (χ3v) is 3.67. The molecule has 1 aromatic carbocycles. The highest BCUT2D eigenvalue weighted by molar-refractivity contribution is 5.97. The van der Waals surface area contributed by atoms with Gasteiger partial charge >= 0.3 is 0 Å². The molecular weight excluding hydrogens is 254 g/mol. The lowest BCUT2D eigenvalue weighted by atomic mass is 10.1. The zero-order valence-electron chi connectivity index (χ0n) is 11.1. The molecule has 5 heteroatoms. The van der Waals surface area contributed by atoms with E-state index < -0.39 is 0 Å². The van der Waals surface area contributed by atoms with Crippen LogP contribution in [-0.4, -0.2) is 30.0 Å². The maximum atomic E-state index is 12.1. The van der Waals surface area contributed by atoms with Crippen molar-refractivity contribution in [2.45, 2.75) is 18.9 Å². The molecule has 1 amide bonds. The molecule has 2 aromatic rings. The number of rotatable bonds is 3. The molecule has 3 rings (SSSR count). The van der Waals surface area contributed by atoms with Crippen LogP contribution >= 0.6 is 0 Å². The minimum Gasteiger partial charge on any atom is -0.350 e. The summed E-state index contributed by atoms with van der Waals surface area (Å²) in [5.41, 5.74) is 0.564. The average molecular weight is 271 g/mol. The fraction of sp³-hybridized carbons (Fsp3) is 0.333. The normalized spacial score (nSPS) is 18.3. The summed E-state index contributed by atoms with van der Waals surface area (Å²) in [5, 5.41) is 6.99. The molecule has 1 saturated heterocycles. The van der Waals surface area contributed by atoms with Crippen molar-refractivity contribution in [3.05, 3.63) is 46.2 Å².